The molecule has 47 heavy (non-hydrogen) atoms. The van der Waals surface area contributed by atoms with Gasteiger partial charge >= 0.3 is 6.18 Å². The van der Waals surface area contributed by atoms with Gasteiger partial charge in [0.1, 0.15) is 11.8 Å². The van der Waals surface area contributed by atoms with E-state index in [-0.39, 0.29) is 27.4 Å². The van der Waals surface area contributed by atoms with Crippen molar-refractivity contribution in [1.82, 2.24) is 24.5 Å². The summed E-state index contributed by atoms with van der Waals surface area (Å²) in [4.78, 5) is 17.4. The number of aryl methyl sites for hydroxylation is 1. The summed E-state index contributed by atoms with van der Waals surface area (Å²) in [5.74, 6) is 0.596. The summed E-state index contributed by atoms with van der Waals surface area (Å²) in [7, 11) is 1.70. The van der Waals surface area contributed by atoms with Crippen molar-refractivity contribution in [1.29, 1.82) is 5.26 Å². The van der Waals surface area contributed by atoms with E-state index in [0.717, 1.165) is 37.6 Å². The molecule has 2 aliphatic rings. The van der Waals surface area contributed by atoms with Crippen LogP contribution in [-0.2, 0) is 12.6 Å². The maximum Gasteiger partial charge on any atom is 0.395 e. The molecule has 13 heteroatoms. The average molecular weight is 661 g/mol. The number of aromatic nitrogens is 5. The molecule has 7 rings (SSSR count). The van der Waals surface area contributed by atoms with Crippen LogP contribution in [0.25, 0.3) is 21.7 Å². The van der Waals surface area contributed by atoms with Crippen LogP contribution in [0, 0.1) is 22.7 Å². The van der Waals surface area contributed by atoms with Crippen molar-refractivity contribution < 1.29 is 13.2 Å². The summed E-state index contributed by atoms with van der Waals surface area (Å²) in [6.45, 7) is 1.72. The van der Waals surface area contributed by atoms with Gasteiger partial charge < -0.3 is 15.2 Å². The number of hydrogen-bond donors (Lipinski definition) is 2. The fourth-order valence-corrected chi connectivity index (χ4v) is 6.62. The molecule has 9 nitrogen and oxygen atoms in total. The van der Waals surface area contributed by atoms with Crippen LogP contribution in [-0.4, -0.2) is 37.3 Å². The highest BCUT2D eigenvalue weighted by Crippen LogP contribution is 2.59. The molecule has 2 fully saturated rings. The van der Waals surface area contributed by atoms with Crippen LogP contribution in [0.4, 0.5) is 24.5 Å². The maximum atomic E-state index is 13.7. The van der Waals surface area contributed by atoms with Crippen molar-refractivity contribution in [2.45, 2.75) is 57.3 Å². The number of nitriles is 1. The number of alkyl halides is 3. The van der Waals surface area contributed by atoms with E-state index < -0.39 is 24.2 Å². The summed E-state index contributed by atoms with van der Waals surface area (Å²) < 4.78 is 44.7. The smallest absolute Gasteiger partial charge is 0.382 e. The Balaban J connectivity index is 1.35. The van der Waals surface area contributed by atoms with Crippen LogP contribution in [0.3, 0.4) is 0 Å². The van der Waals surface area contributed by atoms with E-state index in [1.807, 2.05) is 35.1 Å². The van der Waals surface area contributed by atoms with Crippen molar-refractivity contribution in [3.05, 3.63) is 87.2 Å². The molecule has 0 unspecified atom stereocenters. The minimum absolute atomic E-state index is 0.000874. The molecule has 0 amide bonds. The summed E-state index contributed by atoms with van der Waals surface area (Å²) in [6, 6.07) is 12.3. The van der Waals surface area contributed by atoms with Gasteiger partial charge in [-0.2, -0.15) is 18.4 Å². The quantitative estimate of drug-likeness (QED) is 0.171. The van der Waals surface area contributed by atoms with Gasteiger partial charge in [-0.15, -0.1) is 5.10 Å². The van der Waals surface area contributed by atoms with E-state index >= 15 is 0 Å². The molecule has 0 saturated heterocycles. The van der Waals surface area contributed by atoms with Gasteiger partial charge in [-0.1, -0.05) is 28.9 Å². The van der Waals surface area contributed by atoms with Gasteiger partial charge in [0.15, 0.2) is 0 Å². The van der Waals surface area contributed by atoms with E-state index in [9.17, 15) is 23.2 Å². The first-order valence-electron chi connectivity index (χ1n) is 15.4. The van der Waals surface area contributed by atoms with Gasteiger partial charge in [0.05, 0.1) is 45.0 Å². The molecule has 3 heterocycles. The number of pyridine rings is 2. The van der Waals surface area contributed by atoms with Crippen LogP contribution in [0.1, 0.15) is 62.4 Å². The minimum atomic E-state index is -4.47. The number of fused-ring (bicyclic) bond motifs is 2. The lowest BCUT2D eigenvalue weighted by molar-refractivity contribution is -0.206. The fraction of sp³-hybridized carbons (Fsp3) is 0.382. The maximum absolute atomic E-state index is 13.7. The first-order valence-corrected chi connectivity index (χ1v) is 15.8. The molecule has 2 aromatic carbocycles. The zero-order chi connectivity index (χ0) is 33.3. The van der Waals surface area contributed by atoms with Gasteiger partial charge in [0.25, 0.3) is 5.56 Å². The Morgan fingerprint density at radius 2 is 1.91 bits per heavy atom. The number of anilines is 2. The lowest BCUT2D eigenvalue weighted by Crippen LogP contribution is -2.38. The number of rotatable bonds is 9. The lowest BCUT2D eigenvalue weighted by Gasteiger charge is -2.28. The number of hydrogen-bond acceptors (Lipinski definition) is 7. The number of nitrogens with zero attached hydrogens (tertiary/aromatic N) is 6. The number of benzene rings is 2. The standard InChI is InChI=1S/C34H32ClF3N8O/c1-32(2,34(36,37)38)18-41-28-19(15-39)16-40-29-25(28)13-21(14-26(29)35)42-30(23-5-4-6-24-22(23)9-12-45(3)31(24)47)27-17-46(44-43-27)33(10-11-33)20-7-8-20/h4-6,9,12-14,16-17,20,30,42H,7-8,10-11,18H2,1-3H3,(H,40,41)/t30-/m0/s1. The molecule has 2 N–H and O–H groups in total. The van der Waals surface area contributed by atoms with E-state index in [1.165, 1.54) is 23.6 Å². The monoisotopic (exact) mass is 660 g/mol. The Morgan fingerprint density at radius 1 is 1.15 bits per heavy atom. The van der Waals surface area contributed by atoms with E-state index in [4.69, 9.17) is 11.6 Å². The number of halogens is 4. The topological polar surface area (TPSA) is 113 Å². The SMILES string of the molecule is Cn1ccc2c([C@H](Nc3cc(Cl)c4ncc(C#N)c(NCC(C)(C)C(F)(F)F)c4c3)c3cn(C4(C5CC5)CC4)nn3)cccc2c1=O. The minimum Gasteiger partial charge on any atom is -0.382 e. The van der Waals surface area contributed by atoms with Crippen LogP contribution in [0.15, 0.2) is 59.8 Å². The molecule has 3 aromatic heterocycles. The zero-order valence-electron chi connectivity index (χ0n) is 26.0. The second-order valence-electron chi connectivity index (χ2n) is 13.3. The van der Waals surface area contributed by atoms with Crippen LogP contribution >= 0.6 is 11.6 Å². The van der Waals surface area contributed by atoms with Crippen molar-refractivity contribution >= 4 is 44.7 Å². The van der Waals surface area contributed by atoms with Crippen molar-refractivity contribution in [3.63, 3.8) is 0 Å². The molecule has 1 atom stereocenters. The third kappa shape index (κ3) is 5.36. The Bertz CT molecular complexity index is 2140. The molecular formula is C34H32ClF3N8O. The molecule has 0 radical (unpaired) electrons. The van der Waals surface area contributed by atoms with Gasteiger partial charge in [-0.3, -0.25) is 9.78 Å². The number of nitrogens with one attached hydrogen (secondary N) is 2. The summed E-state index contributed by atoms with van der Waals surface area (Å²) in [6.07, 6.45) is 4.97. The molecule has 5 aromatic rings. The zero-order valence-corrected chi connectivity index (χ0v) is 26.7. The Morgan fingerprint density at radius 3 is 2.60 bits per heavy atom. The van der Waals surface area contributed by atoms with Crippen LogP contribution in [0.5, 0.6) is 0 Å². The average Bonchev–Trinajstić information content (AvgIpc) is 3.97. The molecule has 0 bridgehead atoms. The highest BCUT2D eigenvalue weighted by atomic mass is 35.5. The Labute approximate surface area is 273 Å². The van der Waals surface area contributed by atoms with E-state index in [0.29, 0.717) is 33.6 Å². The van der Waals surface area contributed by atoms with Gasteiger partial charge in [0, 0.05) is 42.4 Å². The molecule has 0 spiro atoms. The summed E-state index contributed by atoms with van der Waals surface area (Å²) in [5, 5.41) is 27.4. The van der Waals surface area contributed by atoms with Crippen LogP contribution in [0.2, 0.25) is 5.02 Å². The summed E-state index contributed by atoms with van der Waals surface area (Å²) in [5.41, 5.74) is 0.348. The van der Waals surface area contributed by atoms with E-state index in [1.54, 1.807) is 31.4 Å². The fourth-order valence-electron chi connectivity index (χ4n) is 6.36. The first-order chi connectivity index (χ1) is 22.3. The van der Waals surface area contributed by atoms with Crippen molar-refractivity contribution in [3.8, 4) is 6.07 Å². The predicted molar refractivity (Wildman–Crippen MR) is 174 cm³/mol. The van der Waals surface area contributed by atoms with Gasteiger partial charge in [-0.25, -0.2) is 4.68 Å². The molecule has 0 aliphatic heterocycles. The van der Waals surface area contributed by atoms with Crippen LogP contribution < -0.4 is 16.2 Å². The van der Waals surface area contributed by atoms with E-state index in [2.05, 4.69) is 25.9 Å². The first kappa shape index (κ1) is 31.0. The molecule has 2 aliphatic carbocycles. The Kier molecular flexibility index (Phi) is 7.24. The highest BCUT2D eigenvalue weighted by molar-refractivity contribution is 6.35. The van der Waals surface area contributed by atoms with Gasteiger partial charge in [-0.05, 0) is 80.7 Å². The largest absolute Gasteiger partial charge is 0.395 e. The Hall–Kier alpha value is -4.63. The molecular weight excluding hydrogens is 629 g/mol. The normalized spacial score (nSPS) is 16.6. The lowest BCUT2D eigenvalue weighted by atomic mass is 9.92. The van der Waals surface area contributed by atoms with Crippen molar-refractivity contribution in [2.75, 3.05) is 17.2 Å². The highest BCUT2D eigenvalue weighted by Gasteiger charge is 2.56. The molecule has 242 valence electrons. The summed E-state index contributed by atoms with van der Waals surface area (Å²) >= 11 is 6.75. The second kappa shape index (κ2) is 11.0. The van der Waals surface area contributed by atoms with Gasteiger partial charge in [0.2, 0.25) is 0 Å². The predicted octanol–water partition coefficient (Wildman–Crippen LogP) is 7.30. The third-order valence-corrected chi connectivity index (χ3v) is 9.95. The molecule has 2 saturated carbocycles. The van der Waals surface area contributed by atoms with Crippen molar-refractivity contribution in [2.24, 2.45) is 18.4 Å². The second-order valence-corrected chi connectivity index (χ2v) is 13.7. The third-order valence-electron chi connectivity index (χ3n) is 9.66.